The highest BCUT2D eigenvalue weighted by atomic mass is 16.5. The van der Waals surface area contributed by atoms with Crippen molar-refractivity contribution in [2.24, 2.45) is 5.92 Å². The summed E-state index contributed by atoms with van der Waals surface area (Å²) in [4.78, 5) is 0. The molecule has 0 bridgehead atoms. The Morgan fingerprint density at radius 3 is 2.53 bits per heavy atom. The molecule has 0 aromatic heterocycles. The molecule has 0 radical (unpaired) electrons. The Morgan fingerprint density at radius 2 is 2.07 bits per heavy atom. The van der Waals surface area contributed by atoms with Gasteiger partial charge >= 0.3 is 0 Å². The number of hydrogen-bond donors (Lipinski definition) is 1. The van der Waals surface area contributed by atoms with Crippen LogP contribution in [0.25, 0.3) is 0 Å². The molecule has 1 aliphatic heterocycles. The van der Waals surface area contributed by atoms with Gasteiger partial charge in [-0.1, -0.05) is 6.42 Å². The molecule has 1 saturated carbocycles. The maximum Gasteiger partial charge on any atom is 0.0707 e. The molecule has 2 aliphatic rings. The minimum absolute atomic E-state index is 0.117. The van der Waals surface area contributed by atoms with Crippen molar-refractivity contribution in [3.05, 3.63) is 0 Å². The van der Waals surface area contributed by atoms with E-state index in [1.165, 1.54) is 32.1 Å². The molecule has 88 valence electrons. The fraction of sp³-hybridized carbons (Fsp3) is 1.00. The van der Waals surface area contributed by atoms with E-state index in [1.54, 1.807) is 0 Å². The third-order valence-electron chi connectivity index (χ3n) is 4.08. The van der Waals surface area contributed by atoms with Crippen molar-refractivity contribution >= 4 is 0 Å². The molecule has 0 aromatic rings. The van der Waals surface area contributed by atoms with Crippen LogP contribution < -0.4 is 5.32 Å². The quantitative estimate of drug-likeness (QED) is 0.772. The Balaban J connectivity index is 1.65. The van der Waals surface area contributed by atoms with Crippen molar-refractivity contribution in [2.75, 3.05) is 6.54 Å². The lowest BCUT2D eigenvalue weighted by atomic mass is 9.80. The average molecular weight is 211 g/mol. The summed E-state index contributed by atoms with van der Waals surface area (Å²) >= 11 is 0. The lowest BCUT2D eigenvalue weighted by Gasteiger charge is -2.32. The molecule has 2 unspecified atom stereocenters. The summed E-state index contributed by atoms with van der Waals surface area (Å²) in [6.45, 7) is 7.76. The van der Waals surface area contributed by atoms with Crippen molar-refractivity contribution in [3.63, 3.8) is 0 Å². The fourth-order valence-electron chi connectivity index (χ4n) is 2.65. The Hall–Kier alpha value is -0.0800. The largest absolute Gasteiger partial charge is 0.371 e. The zero-order valence-corrected chi connectivity index (χ0v) is 10.4. The Morgan fingerprint density at radius 1 is 1.33 bits per heavy atom. The Kier molecular flexibility index (Phi) is 3.36. The molecule has 2 nitrogen and oxygen atoms in total. The number of rotatable bonds is 4. The lowest BCUT2D eigenvalue weighted by molar-refractivity contribution is -0.0161. The van der Waals surface area contributed by atoms with Gasteiger partial charge in [0.1, 0.15) is 0 Å². The van der Waals surface area contributed by atoms with Crippen LogP contribution >= 0.6 is 0 Å². The standard InChI is InChI=1S/C13H25NO/c1-10(11-5-4-6-11)14-9-12-7-8-13(2,3)15-12/h10-12,14H,4-9H2,1-3H3. The molecular weight excluding hydrogens is 186 g/mol. The second-order valence-electron chi connectivity index (χ2n) is 5.93. The average Bonchev–Trinajstić information content (AvgIpc) is 2.39. The molecule has 0 amide bonds. The fourth-order valence-corrected chi connectivity index (χ4v) is 2.65. The second-order valence-corrected chi connectivity index (χ2v) is 5.93. The lowest BCUT2D eigenvalue weighted by Crippen LogP contribution is -2.41. The van der Waals surface area contributed by atoms with E-state index in [0.29, 0.717) is 12.1 Å². The van der Waals surface area contributed by atoms with Crippen LogP contribution in [0, 0.1) is 5.92 Å². The summed E-state index contributed by atoms with van der Waals surface area (Å²) in [5, 5.41) is 3.64. The van der Waals surface area contributed by atoms with Gasteiger partial charge in [-0.05, 0) is 52.4 Å². The van der Waals surface area contributed by atoms with Crippen LogP contribution in [0.3, 0.4) is 0 Å². The van der Waals surface area contributed by atoms with Crippen LogP contribution in [-0.4, -0.2) is 24.3 Å². The highest BCUT2D eigenvalue weighted by Gasteiger charge is 2.32. The van der Waals surface area contributed by atoms with Gasteiger partial charge in [0.15, 0.2) is 0 Å². The molecule has 1 saturated heterocycles. The molecule has 2 heteroatoms. The van der Waals surface area contributed by atoms with Gasteiger partial charge in [0.05, 0.1) is 11.7 Å². The highest BCUT2D eigenvalue weighted by molar-refractivity contribution is 4.84. The second kappa shape index (κ2) is 4.42. The van der Waals surface area contributed by atoms with Crippen LogP contribution in [0.5, 0.6) is 0 Å². The number of hydrogen-bond acceptors (Lipinski definition) is 2. The Bertz CT molecular complexity index is 211. The van der Waals surface area contributed by atoms with E-state index in [1.807, 2.05) is 0 Å². The van der Waals surface area contributed by atoms with E-state index >= 15 is 0 Å². The van der Waals surface area contributed by atoms with Gasteiger partial charge in [-0.15, -0.1) is 0 Å². The maximum absolute atomic E-state index is 5.97. The van der Waals surface area contributed by atoms with Crippen LogP contribution in [0.4, 0.5) is 0 Å². The van der Waals surface area contributed by atoms with Gasteiger partial charge in [0.25, 0.3) is 0 Å². The first-order chi connectivity index (χ1) is 7.07. The first-order valence-electron chi connectivity index (χ1n) is 6.48. The van der Waals surface area contributed by atoms with Crippen molar-refractivity contribution in [1.29, 1.82) is 0 Å². The van der Waals surface area contributed by atoms with Gasteiger partial charge in [0, 0.05) is 12.6 Å². The zero-order chi connectivity index (χ0) is 10.9. The zero-order valence-electron chi connectivity index (χ0n) is 10.4. The minimum atomic E-state index is 0.117. The van der Waals surface area contributed by atoms with Crippen LogP contribution in [-0.2, 0) is 4.74 Å². The molecule has 0 spiro atoms. The van der Waals surface area contributed by atoms with E-state index in [9.17, 15) is 0 Å². The van der Waals surface area contributed by atoms with Crippen LogP contribution in [0.15, 0.2) is 0 Å². The molecule has 2 fully saturated rings. The van der Waals surface area contributed by atoms with Crippen molar-refractivity contribution in [1.82, 2.24) is 5.32 Å². The molecule has 2 rings (SSSR count). The van der Waals surface area contributed by atoms with E-state index in [0.717, 1.165) is 12.5 Å². The van der Waals surface area contributed by atoms with Gasteiger partial charge in [-0.3, -0.25) is 0 Å². The monoisotopic (exact) mass is 211 g/mol. The molecule has 1 heterocycles. The SMILES string of the molecule is CC(NCC1CCC(C)(C)O1)C1CCC1. The summed E-state index contributed by atoms with van der Waals surface area (Å²) in [5.74, 6) is 0.930. The minimum Gasteiger partial charge on any atom is -0.371 e. The van der Waals surface area contributed by atoms with E-state index in [-0.39, 0.29) is 5.60 Å². The van der Waals surface area contributed by atoms with Gasteiger partial charge in [-0.25, -0.2) is 0 Å². The summed E-state index contributed by atoms with van der Waals surface area (Å²) in [7, 11) is 0. The maximum atomic E-state index is 5.97. The summed E-state index contributed by atoms with van der Waals surface area (Å²) in [6.07, 6.45) is 7.15. The van der Waals surface area contributed by atoms with Gasteiger partial charge in [0.2, 0.25) is 0 Å². The first kappa shape index (κ1) is 11.4. The van der Waals surface area contributed by atoms with Crippen LogP contribution in [0.2, 0.25) is 0 Å². The van der Waals surface area contributed by atoms with Gasteiger partial charge in [-0.2, -0.15) is 0 Å². The van der Waals surface area contributed by atoms with Crippen molar-refractivity contribution in [2.45, 2.75) is 70.6 Å². The normalized spacial score (nSPS) is 32.6. The summed E-state index contributed by atoms with van der Waals surface area (Å²) in [5.41, 5.74) is 0.117. The third-order valence-corrected chi connectivity index (χ3v) is 4.08. The van der Waals surface area contributed by atoms with Crippen molar-refractivity contribution < 1.29 is 4.74 Å². The van der Waals surface area contributed by atoms with Gasteiger partial charge < -0.3 is 10.1 Å². The molecular formula is C13H25NO. The predicted molar refractivity (Wildman–Crippen MR) is 63.0 cm³/mol. The third kappa shape index (κ3) is 2.94. The first-order valence-corrected chi connectivity index (χ1v) is 6.48. The van der Waals surface area contributed by atoms with E-state index in [4.69, 9.17) is 4.74 Å². The Labute approximate surface area is 93.8 Å². The predicted octanol–water partition coefficient (Wildman–Crippen LogP) is 2.72. The number of nitrogens with one attached hydrogen (secondary N) is 1. The number of ether oxygens (including phenoxy) is 1. The summed E-state index contributed by atoms with van der Waals surface area (Å²) < 4.78 is 5.97. The van der Waals surface area contributed by atoms with Crippen LogP contribution in [0.1, 0.15) is 52.9 Å². The molecule has 1 aliphatic carbocycles. The molecule has 1 N–H and O–H groups in total. The smallest absolute Gasteiger partial charge is 0.0707 e. The van der Waals surface area contributed by atoms with Crippen molar-refractivity contribution in [3.8, 4) is 0 Å². The molecule has 15 heavy (non-hydrogen) atoms. The van der Waals surface area contributed by atoms with E-state index < -0.39 is 0 Å². The summed E-state index contributed by atoms with van der Waals surface area (Å²) in [6, 6.07) is 0.686. The highest BCUT2D eigenvalue weighted by Crippen LogP contribution is 2.31. The molecule has 0 aromatic carbocycles. The topological polar surface area (TPSA) is 21.3 Å². The molecule has 2 atom stereocenters. The van der Waals surface area contributed by atoms with E-state index in [2.05, 4.69) is 26.1 Å².